The summed E-state index contributed by atoms with van der Waals surface area (Å²) in [6.07, 6.45) is 0. The summed E-state index contributed by atoms with van der Waals surface area (Å²) >= 11 is 0. The van der Waals surface area contributed by atoms with E-state index in [4.69, 9.17) is 5.11 Å². The van der Waals surface area contributed by atoms with Gasteiger partial charge >= 0.3 is 5.97 Å². The van der Waals surface area contributed by atoms with Crippen LogP contribution in [0.2, 0.25) is 0 Å². The quantitative estimate of drug-likeness (QED) is 0.759. The molecule has 0 fully saturated rings. The van der Waals surface area contributed by atoms with Gasteiger partial charge in [0, 0.05) is 12.6 Å². The molecule has 0 heterocycles. The molecule has 0 radical (unpaired) electrons. The first-order valence-electron chi connectivity index (χ1n) is 6.59. The topological polar surface area (TPSA) is 83.9 Å². The Morgan fingerprint density at radius 2 is 1.86 bits per heavy atom. The van der Waals surface area contributed by atoms with Crippen LogP contribution in [0.4, 0.5) is 0 Å². The molecule has 6 nitrogen and oxygen atoms in total. The number of nitrogens with zero attached hydrogens (tertiary/aromatic N) is 1. The fourth-order valence-corrected chi connectivity index (χ4v) is 3.75. The zero-order valence-electron chi connectivity index (χ0n) is 12.4. The second kappa shape index (κ2) is 7.53. The molecule has 0 aromatic heterocycles. The first kappa shape index (κ1) is 17.6. The average molecular weight is 315 g/mol. The normalized spacial score (nSPS) is 11.9. The Morgan fingerprint density at radius 1 is 1.29 bits per heavy atom. The summed E-state index contributed by atoms with van der Waals surface area (Å²) in [7, 11) is -2.23. The zero-order valence-corrected chi connectivity index (χ0v) is 13.3. The van der Waals surface area contributed by atoms with E-state index in [1.165, 1.54) is 23.5 Å². The molecule has 0 bridgehead atoms. The molecule has 0 saturated heterocycles. The van der Waals surface area contributed by atoms with Gasteiger partial charge in [-0.1, -0.05) is 12.1 Å². The average Bonchev–Trinajstić information content (AvgIpc) is 2.43. The van der Waals surface area contributed by atoms with Crippen LogP contribution < -0.4 is 0 Å². The molecule has 7 heteroatoms. The Morgan fingerprint density at radius 3 is 2.29 bits per heavy atom. The van der Waals surface area contributed by atoms with E-state index in [1.807, 2.05) is 0 Å². The number of ether oxygens (including phenoxy) is 1. The fraction of sp³-hybridized carbons (Fsp3) is 0.500. The van der Waals surface area contributed by atoms with Crippen molar-refractivity contribution < 1.29 is 23.1 Å². The number of sulfonamides is 1. The third-order valence-corrected chi connectivity index (χ3v) is 4.99. The van der Waals surface area contributed by atoms with E-state index < -0.39 is 16.0 Å². The molecule has 21 heavy (non-hydrogen) atoms. The highest BCUT2D eigenvalue weighted by molar-refractivity contribution is 7.88. The van der Waals surface area contributed by atoms with E-state index in [-0.39, 0.29) is 24.9 Å². The highest BCUT2D eigenvalue weighted by Gasteiger charge is 2.24. The Bertz CT molecular complexity index is 566. The number of carbonyl (C=O) groups excluding carboxylic acids is 1. The maximum absolute atomic E-state index is 12.3. The lowest BCUT2D eigenvalue weighted by atomic mass is 10.1. The van der Waals surface area contributed by atoms with Crippen molar-refractivity contribution in [2.75, 3.05) is 20.3 Å². The second-order valence-electron chi connectivity index (χ2n) is 4.87. The monoisotopic (exact) mass is 315 g/mol. The molecule has 1 rings (SSSR count). The van der Waals surface area contributed by atoms with Crippen LogP contribution in [0.15, 0.2) is 24.3 Å². The summed E-state index contributed by atoms with van der Waals surface area (Å²) < 4.78 is 30.5. The molecular weight excluding hydrogens is 294 g/mol. The van der Waals surface area contributed by atoms with Gasteiger partial charge in [-0.25, -0.2) is 13.2 Å². The van der Waals surface area contributed by atoms with Crippen LogP contribution in [-0.2, 0) is 20.5 Å². The molecule has 1 aromatic carbocycles. The second-order valence-corrected chi connectivity index (χ2v) is 6.79. The van der Waals surface area contributed by atoms with Crippen molar-refractivity contribution in [2.45, 2.75) is 25.6 Å². The number of aliphatic hydroxyl groups is 1. The molecule has 118 valence electrons. The molecular formula is C14H21NO5S. The van der Waals surface area contributed by atoms with E-state index in [1.54, 1.807) is 26.0 Å². The Hall–Kier alpha value is -1.44. The largest absolute Gasteiger partial charge is 0.465 e. The maximum Gasteiger partial charge on any atom is 0.337 e. The third kappa shape index (κ3) is 4.80. The molecule has 0 aliphatic rings. The minimum absolute atomic E-state index is 0.0697. The number of methoxy groups -OCH3 is 1. The highest BCUT2D eigenvalue weighted by atomic mass is 32.2. The predicted octanol–water partition coefficient (Wildman–Crippen LogP) is 1.01. The van der Waals surface area contributed by atoms with Crippen molar-refractivity contribution in [3.63, 3.8) is 0 Å². The first-order valence-corrected chi connectivity index (χ1v) is 8.20. The molecule has 1 aromatic rings. The van der Waals surface area contributed by atoms with Crippen molar-refractivity contribution in [2.24, 2.45) is 0 Å². The molecule has 0 amide bonds. The van der Waals surface area contributed by atoms with Crippen LogP contribution in [0.1, 0.15) is 29.8 Å². The summed E-state index contributed by atoms with van der Waals surface area (Å²) in [5, 5.41) is 8.98. The van der Waals surface area contributed by atoms with E-state index in [0.29, 0.717) is 11.1 Å². The maximum atomic E-state index is 12.3. The molecule has 0 saturated carbocycles. The SMILES string of the molecule is COC(=O)c1ccc(CS(=O)(=O)N(CCO)C(C)C)cc1. The van der Waals surface area contributed by atoms with Gasteiger partial charge in [-0.05, 0) is 31.5 Å². The van der Waals surface area contributed by atoms with Crippen molar-refractivity contribution in [3.8, 4) is 0 Å². The minimum atomic E-state index is -3.52. The number of aliphatic hydroxyl groups excluding tert-OH is 1. The third-order valence-electron chi connectivity index (χ3n) is 2.98. The van der Waals surface area contributed by atoms with Gasteiger partial charge in [0.15, 0.2) is 0 Å². The smallest absolute Gasteiger partial charge is 0.337 e. The van der Waals surface area contributed by atoms with Gasteiger partial charge in [0.05, 0.1) is 25.0 Å². The van der Waals surface area contributed by atoms with Gasteiger partial charge in [-0.15, -0.1) is 0 Å². The molecule has 0 atom stereocenters. The van der Waals surface area contributed by atoms with Gasteiger partial charge in [0.25, 0.3) is 0 Å². The lowest BCUT2D eigenvalue weighted by Crippen LogP contribution is -2.39. The molecule has 0 aliphatic carbocycles. The summed E-state index contributed by atoms with van der Waals surface area (Å²) in [4.78, 5) is 11.3. The van der Waals surface area contributed by atoms with Crippen LogP contribution in [-0.4, -0.2) is 50.1 Å². The van der Waals surface area contributed by atoms with Crippen LogP contribution in [0.3, 0.4) is 0 Å². The van der Waals surface area contributed by atoms with Crippen molar-refractivity contribution in [1.82, 2.24) is 4.31 Å². The van der Waals surface area contributed by atoms with Crippen LogP contribution in [0.25, 0.3) is 0 Å². The van der Waals surface area contributed by atoms with Gasteiger partial charge in [0.1, 0.15) is 0 Å². The molecule has 0 aliphatic heterocycles. The van der Waals surface area contributed by atoms with E-state index >= 15 is 0 Å². The lowest BCUT2D eigenvalue weighted by molar-refractivity contribution is 0.0600. The molecule has 0 unspecified atom stereocenters. The molecule has 0 spiro atoms. The van der Waals surface area contributed by atoms with E-state index in [2.05, 4.69) is 4.74 Å². The summed E-state index contributed by atoms with van der Waals surface area (Å²) in [5.41, 5.74) is 0.945. The van der Waals surface area contributed by atoms with E-state index in [0.717, 1.165) is 0 Å². The van der Waals surface area contributed by atoms with E-state index in [9.17, 15) is 13.2 Å². The number of hydrogen-bond donors (Lipinski definition) is 1. The van der Waals surface area contributed by atoms with Crippen molar-refractivity contribution in [3.05, 3.63) is 35.4 Å². The van der Waals surface area contributed by atoms with Gasteiger partial charge in [-0.2, -0.15) is 4.31 Å². The van der Waals surface area contributed by atoms with Gasteiger partial charge < -0.3 is 9.84 Å². The Labute approximate surface area is 125 Å². The van der Waals surface area contributed by atoms with Crippen molar-refractivity contribution >= 4 is 16.0 Å². The van der Waals surface area contributed by atoms with Crippen LogP contribution in [0.5, 0.6) is 0 Å². The Kier molecular flexibility index (Phi) is 6.32. The summed E-state index contributed by atoms with van der Waals surface area (Å²) in [5.74, 6) is -0.638. The summed E-state index contributed by atoms with van der Waals surface area (Å²) in [6.45, 7) is 3.36. The highest BCUT2D eigenvalue weighted by Crippen LogP contribution is 2.15. The number of rotatable bonds is 7. The van der Waals surface area contributed by atoms with Gasteiger partial charge in [0.2, 0.25) is 10.0 Å². The summed E-state index contributed by atoms with van der Waals surface area (Å²) in [6, 6.07) is 6.00. The number of esters is 1. The predicted molar refractivity (Wildman–Crippen MR) is 79.3 cm³/mol. The number of carbonyl (C=O) groups is 1. The first-order chi connectivity index (χ1) is 9.81. The standard InChI is InChI=1S/C14H21NO5S/c1-11(2)15(8-9-16)21(18,19)10-12-4-6-13(7-5-12)14(17)20-3/h4-7,11,16H,8-10H2,1-3H3. The zero-order chi connectivity index (χ0) is 16.0. The van der Waals surface area contributed by atoms with Gasteiger partial charge in [-0.3, -0.25) is 0 Å². The van der Waals surface area contributed by atoms with Crippen LogP contribution >= 0.6 is 0 Å². The van der Waals surface area contributed by atoms with Crippen molar-refractivity contribution in [1.29, 1.82) is 0 Å². The van der Waals surface area contributed by atoms with Crippen LogP contribution in [0, 0.1) is 0 Å². The number of benzene rings is 1. The number of hydrogen-bond acceptors (Lipinski definition) is 5. The lowest BCUT2D eigenvalue weighted by Gasteiger charge is -2.25. The Balaban J connectivity index is 2.90. The molecule has 1 N–H and O–H groups in total. The fourth-order valence-electron chi connectivity index (χ4n) is 1.97. The minimum Gasteiger partial charge on any atom is -0.465 e.